The molecule has 0 saturated heterocycles. The Kier molecular flexibility index (Phi) is 7.17. The summed E-state index contributed by atoms with van der Waals surface area (Å²) in [7, 11) is 1.12. The summed E-state index contributed by atoms with van der Waals surface area (Å²) in [6.07, 6.45) is -6.63. The van der Waals surface area contributed by atoms with Crippen LogP contribution in [-0.4, -0.2) is 43.3 Å². The zero-order valence-electron chi connectivity index (χ0n) is 12.1. The predicted molar refractivity (Wildman–Crippen MR) is 65.0 cm³/mol. The first-order valence-corrected chi connectivity index (χ1v) is 6.15. The summed E-state index contributed by atoms with van der Waals surface area (Å²) in [6.45, 7) is 4.55. The average molecular weight is 313 g/mol. The van der Waals surface area contributed by atoms with Gasteiger partial charge in [0.2, 0.25) is 0 Å². The molecule has 0 fully saturated rings. The van der Waals surface area contributed by atoms with E-state index in [9.17, 15) is 27.6 Å². The second-order valence-corrected chi connectivity index (χ2v) is 4.76. The molecular formula is C12H18F3NO5. The van der Waals surface area contributed by atoms with E-state index in [1.807, 2.05) is 0 Å². The van der Waals surface area contributed by atoms with Gasteiger partial charge in [-0.05, 0) is 19.3 Å². The molecule has 0 unspecified atom stereocenters. The molecule has 9 heteroatoms. The van der Waals surface area contributed by atoms with Crippen molar-refractivity contribution >= 4 is 17.8 Å². The summed E-state index contributed by atoms with van der Waals surface area (Å²) < 4.78 is 44.5. The van der Waals surface area contributed by atoms with E-state index in [4.69, 9.17) is 0 Å². The molecule has 122 valence electrons. The fourth-order valence-electron chi connectivity index (χ4n) is 1.40. The average Bonchev–Trinajstić information content (AvgIpc) is 2.34. The summed E-state index contributed by atoms with van der Waals surface area (Å²) in [5, 5.41) is 2.20. The zero-order chi connectivity index (χ0) is 16.8. The first-order valence-electron chi connectivity index (χ1n) is 6.15. The van der Waals surface area contributed by atoms with E-state index in [1.54, 1.807) is 13.8 Å². The molecule has 0 aliphatic rings. The lowest BCUT2D eigenvalue weighted by atomic mass is 10.0. The summed E-state index contributed by atoms with van der Waals surface area (Å²) in [4.78, 5) is 33.7. The highest BCUT2D eigenvalue weighted by Crippen LogP contribution is 2.17. The molecule has 0 aliphatic carbocycles. The molecule has 0 aromatic carbocycles. The van der Waals surface area contributed by atoms with Crippen molar-refractivity contribution < 1.29 is 37.0 Å². The van der Waals surface area contributed by atoms with Gasteiger partial charge in [-0.1, -0.05) is 13.8 Å². The Morgan fingerprint density at radius 1 is 1.14 bits per heavy atom. The minimum Gasteiger partial charge on any atom is -0.467 e. The summed E-state index contributed by atoms with van der Waals surface area (Å²) >= 11 is 0. The van der Waals surface area contributed by atoms with E-state index in [-0.39, 0.29) is 12.3 Å². The van der Waals surface area contributed by atoms with Crippen molar-refractivity contribution in [2.75, 3.05) is 7.11 Å². The van der Waals surface area contributed by atoms with Crippen LogP contribution < -0.4 is 5.32 Å². The van der Waals surface area contributed by atoms with Crippen molar-refractivity contribution in [3.63, 3.8) is 0 Å². The number of ether oxygens (including phenoxy) is 2. The quantitative estimate of drug-likeness (QED) is 0.745. The molecule has 0 rings (SSSR count). The molecule has 0 radical (unpaired) electrons. The van der Waals surface area contributed by atoms with Crippen LogP contribution in [0.1, 0.15) is 27.2 Å². The molecule has 21 heavy (non-hydrogen) atoms. The van der Waals surface area contributed by atoms with Crippen LogP contribution in [0.3, 0.4) is 0 Å². The Bertz CT molecular complexity index is 395. The zero-order valence-corrected chi connectivity index (χ0v) is 12.1. The van der Waals surface area contributed by atoms with E-state index >= 15 is 0 Å². The molecule has 0 aromatic heterocycles. The maximum atomic E-state index is 12.0. The van der Waals surface area contributed by atoms with Crippen LogP contribution in [0.5, 0.6) is 0 Å². The molecule has 0 aromatic rings. The van der Waals surface area contributed by atoms with Gasteiger partial charge in [0.1, 0.15) is 6.04 Å². The maximum absolute atomic E-state index is 12.0. The van der Waals surface area contributed by atoms with Crippen molar-refractivity contribution in [3.8, 4) is 0 Å². The number of carbonyl (C=O) groups is 3. The largest absolute Gasteiger partial charge is 0.490 e. The van der Waals surface area contributed by atoms with Crippen LogP contribution in [0.2, 0.25) is 0 Å². The van der Waals surface area contributed by atoms with Crippen LogP contribution in [0.4, 0.5) is 13.2 Å². The maximum Gasteiger partial charge on any atom is 0.490 e. The molecule has 0 aliphatic heterocycles. The molecule has 0 heterocycles. The van der Waals surface area contributed by atoms with E-state index in [2.05, 4.69) is 14.8 Å². The highest BCUT2D eigenvalue weighted by atomic mass is 19.4. The Hall–Kier alpha value is -1.80. The van der Waals surface area contributed by atoms with E-state index in [1.165, 1.54) is 0 Å². The first kappa shape index (κ1) is 19.2. The predicted octanol–water partition coefficient (Wildman–Crippen LogP) is 1.18. The van der Waals surface area contributed by atoms with Gasteiger partial charge in [0.15, 0.2) is 6.10 Å². The van der Waals surface area contributed by atoms with Gasteiger partial charge in [0.25, 0.3) is 5.91 Å². The normalized spacial score (nSPS) is 14.3. The standard InChI is InChI=1S/C12H18F3NO5/c1-6(2)5-8(10(18)20-4)16-9(17)7(3)21-11(19)12(13,14)15/h6-8H,5H2,1-4H3,(H,16,17)/t7-,8-/m0/s1. The van der Waals surface area contributed by atoms with Gasteiger partial charge < -0.3 is 14.8 Å². The smallest absolute Gasteiger partial charge is 0.467 e. The minimum absolute atomic E-state index is 0.0300. The molecule has 0 spiro atoms. The third-order valence-electron chi connectivity index (χ3n) is 2.39. The van der Waals surface area contributed by atoms with Crippen LogP contribution in [0.25, 0.3) is 0 Å². The Morgan fingerprint density at radius 2 is 1.67 bits per heavy atom. The molecular weight excluding hydrogens is 295 g/mol. The molecule has 0 saturated carbocycles. The second kappa shape index (κ2) is 7.84. The van der Waals surface area contributed by atoms with Crippen LogP contribution >= 0.6 is 0 Å². The third kappa shape index (κ3) is 6.96. The highest BCUT2D eigenvalue weighted by molar-refractivity contribution is 5.88. The Balaban J connectivity index is 4.68. The summed E-state index contributed by atoms with van der Waals surface area (Å²) in [6, 6.07) is -1.02. The highest BCUT2D eigenvalue weighted by Gasteiger charge is 2.42. The fraction of sp³-hybridized carbons (Fsp3) is 0.750. The molecule has 1 N–H and O–H groups in total. The van der Waals surface area contributed by atoms with Crippen molar-refractivity contribution in [3.05, 3.63) is 0 Å². The summed E-state index contributed by atoms with van der Waals surface area (Å²) in [5.41, 5.74) is 0. The number of amides is 1. The SMILES string of the molecule is COC(=O)[C@H](CC(C)C)NC(=O)[C@H](C)OC(=O)C(F)(F)F. The van der Waals surface area contributed by atoms with E-state index in [0.717, 1.165) is 14.0 Å². The molecule has 6 nitrogen and oxygen atoms in total. The van der Waals surface area contributed by atoms with Crippen LogP contribution in [0, 0.1) is 5.92 Å². The number of hydrogen-bond acceptors (Lipinski definition) is 5. The van der Waals surface area contributed by atoms with Crippen molar-refractivity contribution in [2.24, 2.45) is 5.92 Å². The van der Waals surface area contributed by atoms with Crippen molar-refractivity contribution in [2.45, 2.75) is 45.5 Å². The topological polar surface area (TPSA) is 81.7 Å². The monoisotopic (exact) mass is 313 g/mol. The number of alkyl halides is 3. The number of nitrogens with one attached hydrogen (secondary N) is 1. The van der Waals surface area contributed by atoms with Gasteiger partial charge in [0, 0.05) is 0 Å². The number of halogens is 3. The fourth-order valence-corrected chi connectivity index (χ4v) is 1.40. The Morgan fingerprint density at radius 3 is 2.05 bits per heavy atom. The van der Waals surface area contributed by atoms with Gasteiger partial charge in [-0.15, -0.1) is 0 Å². The van der Waals surface area contributed by atoms with Crippen LogP contribution in [-0.2, 0) is 23.9 Å². The van der Waals surface area contributed by atoms with Crippen molar-refractivity contribution in [1.82, 2.24) is 5.32 Å². The summed E-state index contributed by atoms with van der Waals surface area (Å²) in [5.74, 6) is -4.18. The number of carbonyl (C=O) groups excluding carboxylic acids is 3. The van der Waals surface area contributed by atoms with Gasteiger partial charge in [-0.25, -0.2) is 9.59 Å². The molecule has 0 bridgehead atoms. The van der Waals surface area contributed by atoms with Crippen molar-refractivity contribution in [1.29, 1.82) is 0 Å². The minimum atomic E-state index is -5.19. The molecule has 1 amide bonds. The molecule has 2 atom stereocenters. The van der Waals surface area contributed by atoms with Gasteiger partial charge >= 0.3 is 18.1 Å². The first-order chi connectivity index (χ1) is 9.48. The Labute approximate surface area is 120 Å². The van der Waals surface area contributed by atoms with E-state index in [0.29, 0.717) is 0 Å². The third-order valence-corrected chi connectivity index (χ3v) is 2.39. The lowest BCUT2D eigenvalue weighted by Crippen LogP contribution is -2.47. The number of hydrogen-bond donors (Lipinski definition) is 1. The van der Waals surface area contributed by atoms with Crippen LogP contribution in [0.15, 0.2) is 0 Å². The second-order valence-electron chi connectivity index (χ2n) is 4.76. The van der Waals surface area contributed by atoms with Gasteiger partial charge in [-0.3, -0.25) is 4.79 Å². The van der Waals surface area contributed by atoms with E-state index < -0.39 is 36.2 Å². The lowest BCUT2D eigenvalue weighted by Gasteiger charge is -2.21. The van der Waals surface area contributed by atoms with Gasteiger partial charge in [0.05, 0.1) is 7.11 Å². The number of esters is 2. The number of rotatable bonds is 6. The van der Waals surface area contributed by atoms with Gasteiger partial charge in [-0.2, -0.15) is 13.2 Å². The lowest BCUT2D eigenvalue weighted by molar-refractivity contribution is -0.204. The number of methoxy groups -OCH3 is 1.